The summed E-state index contributed by atoms with van der Waals surface area (Å²) in [5, 5.41) is 11.4. The summed E-state index contributed by atoms with van der Waals surface area (Å²) in [7, 11) is 0. The molecule has 1 atom stereocenters. The predicted octanol–water partition coefficient (Wildman–Crippen LogP) is 3.53. The molecule has 0 aromatic carbocycles. The van der Waals surface area contributed by atoms with Gasteiger partial charge in [-0.25, -0.2) is 4.98 Å². The summed E-state index contributed by atoms with van der Waals surface area (Å²) < 4.78 is 5.36. The second-order valence-electron chi connectivity index (χ2n) is 6.44. The molecule has 28 heavy (non-hydrogen) atoms. The quantitative estimate of drug-likeness (QED) is 0.664. The molecule has 0 spiro atoms. The SMILES string of the molecule is Cc1nc(C)c(C(=O)C2=C(O)C(=O)N(Cc3ccco3)C2c2cccnc2)s1. The molecule has 1 unspecified atom stereocenters. The minimum atomic E-state index is -0.763. The summed E-state index contributed by atoms with van der Waals surface area (Å²) in [4.78, 5) is 36.4. The van der Waals surface area contributed by atoms with Gasteiger partial charge in [0, 0.05) is 12.4 Å². The van der Waals surface area contributed by atoms with E-state index in [2.05, 4.69) is 9.97 Å². The van der Waals surface area contributed by atoms with E-state index in [1.165, 1.54) is 22.5 Å². The monoisotopic (exact) mass is 395 g/mol. The Labute approximate surface area is 165 Å². The van der Waals surface area contributed by atoms with Crippen molar-refractivity contribution in [2.24, 2.45) is 0 Å². The fourth-order valence-corrected chi connectivity index (χ4v) is 4.24. The van der Waals surface area contributed by atoms with Crippen LogP contribution in [0.4, 0.5) is 0 Å². The lowest BCUT2D eigenvalue weighted by Crippen LogP contribution is -2.30. The molecule has 1 amide bonds. The van der Waals surface area contributed by atoms with E-state index in [1.54, 1.807) is 43.6 Å². The molecule has 1 aliphatic rings. The first kappa shape index (κ1) is 18.1. The first-order valence-corrected chi connectivity index (χ1v) is 9.44. The van der Waals surface area contributed by atoms with Crippen LogP contribution in [0, 0.1) is 13.8 Å². The van der Waals surface area contributed by atoms with E-state index in [4.69, 9.17) is 4.42 Å². The summed E-state index contributed by atoms with van der Waals surface area (Å²) in [6, 6.07) is 6.20. The van der Waals surface area contributed by atoms with Crippen LogP contribution in [-0.4, -0.2) is 31.7 Å². The van der Waals surface area contributed by atoms with Crippen molar-refractivity contribution in [1.29, 1.82) is 0 Å². The van der Waals surface area contributed by atoms with Crippen molar-refractivity contribution in [3.8, 4) is 0 Å². The Morgan fingerprint density at radius 1 is 1.32 bits per heavy atom. The number of aliphatic hydroxyl groups excluding tert-OH is 1. The van der Waals surface area contributed by atoms with E-state index in [9.17, 15) is 14.7 Å². The van der Waals surface area contributed by atoms with E-state index in [1.807, 2.05) is 6.92 Å². The molecule has 1 aliphatic heterocycles. The van der Waals surface area contributed by atoms with E-state index in [0.29, 0.717) is 21.9 Å². The van der Waals surface area contributed by atoms with Crippen molar-refractivity contribution < 1.29 is 19.1 Å². The Balaban J connectivity index is 1.81. The van der Waals surface area contributed by atoms with Crippen molar-refractivity contribution in [3.05, 3.63) is 81.2 Å². The van der Waals surface area contributed by atoms with Crippen molar-refractivity contribution in [1.82, 2.24) is 14.9 Å². The summed E-state index contributed by atoms with van der Waals surface area (Å²) in [6.07, 6.45) is 4.71. The van der Waals surface area contributed by atoms with Crippen LogP contribution in [0.1, 0.15) is 37.7 Å². The van der Waals surface area contributed by atoms with Crippen LogP contribution < -0.4 is 0 Å². The molecule has 8 heteroatoms. The Hall–Kier alpha value is -3.26. The van der Waals surface area contributed by atoms with Gasteiger partial charge in [0.2, 0.25) is 5.78 Å². The third kappa shape index (κ3) is 3.01. The molecule has 0 fully saturated rings. The standard InChI is InChI=1S/C20H17N3O4S/c1-11-19(28-12(2)22-11)17(24)15-16(13-5-3-7-21-9-13)23(20(26)18(15)25)10-14-6-4-8-27-14/h3-9,16,25H,10H2,1-2H3. The van der Waals surface area contributed by atoms with Gasteiger partial charge in [0.25, 0.3) is 5.91 Å². The fourth-order valence-electron chi connectivity index (χ4n) is 3.37. The second kappa shape index (κ2) is 7.05. The Morgan fingerprint density at radius 2 is 2.14 bits per heavy atom. The van der Waals surface area contributed by atoms with Gasteiger partial charge in [-0.15, -0.1) is 11.3 Å². The topological polar surface area (TPSA) is 96.5 Å². The number of thiazole rings is 1. The molecule has 4 heterocycles. The minimum Gasteiger partial charge on any atom is -0.503 e. The molecule has 0 aliphatic carbocycles. The van der Waals surface area contributed by atoms with Crippen LogP contribution in [0.3, 0.4) is 0 Å². The van der Waals surface area contributed by atoms with Crippen LogP contribution in [0.5, 0.6) is 0 Å². The van der Waals surface area contributed by atoms with Crippen LogP contribution >= 0.6 is 11.3 Å². The van der Waals surface area contributed by atoms with Gasteiger partial charge < -0.3 is 14.4 Å². The fraction of sp³-hybridized carbons (Fsp3) is 0.200. The molecule has 7 nitrogen and oxygen atoms in total. The van der Waals surface area contributed by atoms with Gasteiger partial charge >= 0.3 is 0 Å². The maximum Gasteiger partial charge on any atom is 0.290 e. The second-order valence-corrected chi connectivity index (χ2v) is 7.64. The number of carbonyl (C=O) groups excluding carboxylic acids is 2. The average Bonchev–Trinajstić information content (AvgIpc) is 3.37. The number of ketones is 1. The van der Waals surface area contributed by atoms with Crippen molar-refractivity contribution in [2.75, 3.05) is 0 Å². The zero-order chi connectivity index (χ0) is 19.8. The molecule has 1 N–H and O–H groups in total. The maximum atomic E-state index is 13.3. The highest BCUT2D eigenvalue weighted by Gasteiger charge is 2.44. The highest BCUT2D eigenvalue weighted by molar-refractivity contribution is 7.14. The minimum absolute atomic E-state index is 0.0382. The maximum absolute atomic E-state index is 13.3. The molecule has 0 radical (unpaired) electrons. The number of hydrogen-bond donors (Lipinski definition) is 1. The number of rotatable bonds is 5. The van der Waals surface area contributed by atoms with E-state index >= 15 is 0 Å². The lowest BCUT2D eigenvalue weighted by atomic mass is 9.96. The Morgan fingerprint density at radius 3 is 2.75 bits per heavy atom. The van der Waals surface area contributed by atoms with Gasteiger partial charge in [-0.05, 0) is 37.6 Å². The van der Waals surface area contributed by atoms with Gasteiger partial charge in [0.05, 0.1) is 40.0 Å². The lowest BCUT2D eigenvalue weighted by molar-refractivity contribution is -0.130. The molecule has 0 saturated heterocycles. The number of aryl methyl sites for hydroxylation is 2. The zero-order valence-electron chi connectivity index (χ0n) is 15.2. The molecule has 142 valence electrons. The van der Waals surface area contributed by atoms with Crippen LogP contribution in [0.15, 0.2) is 58.7 Å². The third-order valence-corrected chi connectivity index (χ3v) is 5.64. The van der Waals surface area contributed by atoms with E-state index in [0.717, 1.165) is 5.01 Å². The average molecular weight is 395 g/mol. The number of aromatic nitrogens is 2. The molecule has 4 rings (SSSR count). The Kier molecular flexibility index (Phi) is 4.56. The highest BCUT2D eigenvalue weighted by atomic mass is 32.1. The molecule has 0 saturated carbocycles. The summed E-state index contributed by atoms with van der Waals surface area (Å²) in [6.45, 7) is 3.67. The van der Waals surface area contributed by atoms with Gasteiger partial charge in [0.15, 0.2) is 5.76 Å². The van der Waals surface area contributed by atoms with Gasteiger partial charge in [0.1, 0.15) is 5.76 Å². The number of furan rings is 1. The van der Waals surface area contributed by atoms with Crippen LogP contribution in [0.25, 0.3) is 0 Å². The van der Waals surface area contributed by atoms with Gasteiger partial charge in [-0.1, -0.05) is 6.07 Å². The van der Waals surface area contributed by atoms with E-state index < -0.39 is 23.5 Å². The zero-order valence-corrected chi connectivity index (χ0v) is 16.1. The molecule has 3 aromatic heterocycles. The van der Waals surface area contributed by atoms with Crippen LogP contribution in [-0.2, 0) is 11.3 Å². The van der Waals surface area contributed by atoms with Gasteiger partial charge in [-0.3, -0.25) is 14.6 Å². The number of amides is 1. The normalized spacial score (nSPS) is 16.9. The number of aliphatic hydroxyl groups is 1. The number of hydrogen-bond acceptors (Lipinski definition) is 7. The Bertz CT molecular complexity index is 1070. The summed E-state index contributed by atoms with van der Waals surface area (Å²) >= 11 is 1.25. The third-order valence-electron chi connectivity index (χ3n) is 4.56. The van der Waals surface area contributed by atoms with Crippen molar-refractivity contribution in [2.45, 2.75) is 26.4 Å². The molecular weight excluding hydrogens is 378 g/mol. The largest absolute Gasteiger partial charge is 0.503 e. The lowest BCUT2D eigenvalue weighted by Gasteiger charge is -2.25. The number of nitrogens with zero attached hydrogens (tertiary/aromatic N) is 3. The predicted molar refractivity (Wildman–Crippen MR) is 102 cm³/mol. The number of pyridine rings is 1. The first-order chi connectivity index (χ1) is 13.5. The van der Waals surface area contributed by atoms with Crippen LogP contribution in [0.2, 0.25) is 0 Å². The summed E-state index contributed by atoms with van der Waals surface area (Å²) in [5.41, 5.74) is 1.25. The number of Topliss-reactive ketones (excluding diaryl/α,β-unsaturated/α-hetero) is 1. The van der Waals surface area contributed by atoms with Crippen molar-refractivity contribution in [3.63, 3.8) is 0 Å². The number of carbonyl (C=O) groups is 2. The van der Waals surface area contributed by atoms with Gasteiger partial charge in [-0.2, -0.15) is 0 Å². The summed E-state index contributed by atoms with van der Waals surface area (Å²) in [5.74, 6) is -1.01. The molecule has 3 aromatic rings. The first-order valence-electron chi connectivity index (χ1n) is 8.62. The van der Waals surface area contributed by atoms with E-state index in [-0.39, 0.29) is 12.1 Å². The molecule has 0 bridgehead atoms. The smallest absolute Gasteiger partial charge is 0.290 e. The molecular formula is C20H17N3O4S. The van der Waals surface area contributed by atoms with Crippen molar-refractivity contribution >= 4 is 23.0 Å². The highest BCUT2D eigenvalue weighted by Crippen LogP contribution is 2.40.